The van der Waals surface area contributed by atoms with Crippen LogP contribution in [0.25, 0.3) is 11.8 Å². The van der Waals surface area contributed by atoms with E-state index in [2.05, 4.69) is 96.4 Å². The summed E-state index contributed by atoms with van der Waals surface area (Å²) in [5.41, 5.74) is 7.74. The van der Waals surface area contributed by atoms with Gasteiger partial charge < -0.3 is 10.6 Å². The van der Waals surface area contributed by atoms with E-state index in [-0.39, 0.29) is 0 Å². The van der Waals surface area contributed by atoms with Gasteiger partial charge in [0.15, 0.2) is 0 Å². The van der Waals surface area contributed by atoms with Crippen LogP contribution in [-0.2, 0) is 0 Å². The molecular formula is C27H24N2. The summed E-state index contributed by atoms with van der Waals surface area (Å²) < 4.78 is 0. The molecule has 0 aliphatic heterocycles. The first-order chi connectivity index (χ1) is 14.3. The normalized spacial score (nSPS) is 11.1. The molecule has 0 atom stereocenters. The van der Waals surface area contributed by atoms with Crippen molar-refractivity contribution in [3.63, 3.8) is 0 Å². The highest BCUT2D eigenvalue weighted by atomic mass is 14.9. The van der Waals surface area contributed by atoms with Crippen LogP contribution >= 0.6 is 0 Å². The average molecular weight is 377 g/mol. The monoisotopic (exact) mass is 376 g/mol. The van der Waals surface area contributed by atoms with Crippen LogP contribution in [0.1, 0.15) is 16.7 Å². The Hall–Kier alpha value is -3.78. The second kappa shape index (κ2) is 8.94. The number of aryl methyl sites for hydroxylation is 1. The van der Waals surface area contributed by atoms with Crippen molar-refractivity contribution in [2.45, 2.75) is 6.92 Å². The lowest BCUT2D eigenvalue weighted by Gasteiger charge is -2.17. The molecule has 2 heteroatoms. The quantitative estimate of drug-likeness (QED) is 0.344. The first-order valence-corrected chi connectivity index (χ1v) is 9.80. The third-order valence-electron chi connectivity index (χ3n) is 4.71. The first kappa shape index (κ1) is 18.6. The van der Waals surface area contributed by atoms with E-state index in [1.807, 2.05) is 36.4 Å². The summed E-state index contributed by atoms with van der Waals surface area (Å²) in [5, 5.41) is 7.16. The Morgan fingerprint density at radius 2 is 1.21 bits per heavy atom. The molecule has 29 heavy (non-hydrogen) atoms. The van der Waals surface area contributed by atoms with E-state index in [0.29, 0.717) is 0 Å². The van der Waals surface area contributed by atoms with Crippen LogP contribution in [0.4, 0.5) is 17.1 Å². The van der Waals surface area contributed by atoms with Crippen molar-refractivity contribution >= 4 is 28.8 Å². The molecule has 0 fully saturated rings. The maximum absolute atomic E-state index is 3.61. The van der Waals surface area contributed by atoms with Gasteiger partial charge in [0.05, 0.1) is 0 Å². The smallest absolute Gasteiger partial charge is 0.0484 e. The third-order valence-corrected chi connectivity index (χ3v) is 4.71. The minimum atomic E-state index is 1.04. The SMILES string of the molecule is Cc1ccc(C=C(Nc2ccccc2)c2ccccc2Nc2ccccc2)cc1. The molecule has 2 N–H and O–H groups in total. The molecule has 142 valence electrons. The zero-order valence-electron chi connectivity index (χ0n) is 16.5. The fraction of sp³-hybridized carbons (Fsp3) is 0.0370. The van der Waals surface area contributed by atoms with Gasteiger partial charge in [0, 0.05) is 28.3 Å². The molecule has 0 radical (unpaired) electrons. The topological polar surface area (TPSA) is 24.1 Å². The van der Waals surface area contributed by atoms with Crippen molar-refractivity contribution in [3.05, 3.63) is 126 Å². The largest absolute Gasteiger partial charge is 0.355 e. The first-order valence-electron chi connectivity index (χ1n) is 9.80. The van der Waals surface area contributed by atoms with Crippen LogP contribution < -0.4 is 10.6 Å². The summed E-state index contributed by atoms with van der Waals surface area (Å²) in [6, 6.07) is 37.5. The summed E-state index contributed by atoms with van der Waals surface area (Å²) in [4.78, 5) is 0. The van der Waals surface area contributed by atoms with Gasteiger partial charge in [-0.1, -0.05) is 84.4 Å². The van der Waals surface area contributed by atoms with Crippen LogP contribution in [0.2, 0.25) is 0 Å². The third kappa shape index (κ3) is 4.94. The number of benzene rings is 4. The second-order valence-electron chi connectivity index (χ2n) is 7.00. The molecule has 2 nitrogen and oxygen atoms in total. The molecule has 0 saturated carbocycles. The highest BCUT2D eigenvalue weighted by Crippen LogP contribution is 2.29. The Morgan fingerprint density at radius 3 is 1.90 bits per heavy atom. The van der Waals surface area contributed by atoms with Gasteiger partial charge in [0.25, 0.3) is 0 Å². The number of hydrogen-bond acceptors (Lipinski definition) is 2. The van der Waals surface area contributed by atoms with Crippen LogP contribution in [-0.4, -0.2) is 0 Å². The van der Waals surface area contributed by atoms with E-state index >= 15 is 0 Å². The number of para-hydroxylation sites is 3. The van der Waals surface area contributed by atoms with Crippen molar-refractivity contribution in [1.82, 2.24) is 0 Å². The molecule has 0 bridgehead atoms. The van der Waals surface area contributed by atoms with Gasteiger partial charge in [0.1, 0.15) is 0 Å². The van der Waals surface area contributed by atoms with Gasteiger partial charge >= 0.3 is 0 Å². The predicted octanol–water partition coefficient (Wildman–Crippen LogP) is 7.35. The van der Waals surface area contributed by atoms with Gasteiger partial charge in [-0.3, -0.25) is 0 Å². The number of hydrogen-bond donors (Lipinski definition) is 2. The van der Waals surface area contributed by atoms with Gasteiger partial charge in [-0.15, -0.1) is 0 Å². The molecule has 0 saturated heterocycles. The lowest BCUT2D eigenvalue weighted by molar-refractivity contribution is 1.46. The molecular weight excluding hydrogens is 352 g/mol. The molecule has 4 rings (SSSR count). The molecule has 4 aromatic rings. The Bertz CT molecular complexity index is 1080. The average Bonchev–Trinajstić information content (AvgIpc) is 2.77. The van der Waals surface area contributed by atoms with E-state index in [9.17, 15) is 0 Å². The number of anilines is 3. The Balaban J connectivity index is 1.75. The van der Waals surface area contributed by atoms with E-state index in [1.165, 1.54) is 5.56 Å². The van der Waals surface area contributed by atoms with E-state index < -0.39 is 0 Å². The second-order valence-corrected chi connectivity index (χ2v) is 7.00. The predicted molar refractivity (Wildman–Crippen MR) is 125 cm³/mol. The van der Waals surface area contributed by atoms with E-state index in [0.717, 1.165) is 33.9 Å². The molecule has 0 unspecified atom stereocenters. The fourth-order valence-electron chi connectivity index (χ4n) is 3.19. The summed E-state index contributed by atoms with van der Waals surface area (Å²) in [6.07, 6.45) is 2.19. The zero-order chi connectivity index (χ0) is 19.9. The lowest BCUT2D eigenvalue weighted by atomic mass is 10.0. The molecule has 0 aromatic heterocycles. The fourth-order valence-corrected chi connectivity index (χ4v) is 3.19. The van der Waals surface area contributed by atoms with Crippen LogP contribution in [0, 0.1) is 6.92 Å². The Kier molecular flexibility index (Phi) is 5.73. The molecule has 0 amide bonds. The van der Waals surface area contributed by atoms with Crippen molar-refractivity contribution in [3.8, 4) is 0 Å². The maximum Gasteiger partial charge on any atom is 0.0484 e. The molecule has 0 aliphatic carbocycles. The molecule has 0 spiro atoms. The van der Waals surface area contributed by atoms with Gasteiger partial charge in [-0.2, -0.15) is 0 Å². The lowest BCUT2D eigenvalue weighted by Crippen LogP contribution is -2.02. The number of rotatable bonds is 6. The van der Waals surface area contributed by atoms with Gasteiger partial charge in [-0.05, 0) is 48.9 Å². The number of nitrogens with one attached hydrogen (secondary N) is 2. The van der Waals surface area contributed by atoms with Crippen LogP contribution in [0.3, 0.4) is 0 Å². The molecule has 4 aromatic carbocycles. The summed E-state index contributed by atoms with van der Waals surface area (Å²) >= 11 is 0. The Labute approximate surface area is 172 Å². The summed E-state index contributed by atoms with van der Waals surface area (Å²) in [5.74, 6) is 0. The molecule has 0 heterocycles. The van der Waals surface area contributed by atoms with Gasteiger partial charge in [0.2, 0.25) is 0 Å². The molecule has 0 aliphatic rings. The minimum absolute atomic E-state index is 1.04. The van der Waals surface area contributed by atoms with Gasteiger partial charge in [-0.25, -0.2) is 0 Å². The minimum Gasteiger partial charge on any atom is -0.355 e. The maximum atomic E-state index is 3.61. The van der Waals surface area contributed by atoms with E-state index in [4.69, 9.17) is 0 Å². The van der Waals surface area contributed by atoms with Crippen molar-refractivity contribution in [1.29, 1.82) is 0 Å². The standard InChI is InChI=1S/C27H24N2/c1-21-16-18-22(19-17-21)20-27(29-24-12-6-3-7-13-24)25-14-8-9-15-26(25)28-23-10-4-2-5-11-23/h2-20,28-29H,1H3. The Morgan fingerprint density at radius 1 is 0.621 bits per heavy atom. The van der Waals surface area contributed by atoms with Crippen molar-refractivity contribution in [2.75, 3.05) is 10.6 Å². The van der Waals surface area contributed by atoms with E-state index in [1.54, 1.807) is 0 Å². The zero-order valence-corrected chi connectivity index (χ0v) is 16.5. The highest BCUT2D eigenvalue weighted by molar-refractivity contribution is 5.93. The van der Waals surface area contributed by atoms with Crippen molar-refractivity contribution < 1.29 is 0 Å². The summed E-state index contributed by atoms with van der Waals surface area (Å²) in [7, 11) is 0. The highest BCUT2D eigenvalue weighted by Gasteiger charge is 2.09. The van der Waals surface area contributed by atoms with Crippen LogP contribution in [0.5, 0.6) is 0 Å². The summed E-state index contributed by atoms with van der Waals surface area (Å²) in [6.45, 7) is 2.11. The van der Waals surface area contributed by atoms with Crippen molar-refractivity contribution in [2.24, 2.45) is 0 Å². The van der Waals surface area contributed by atoms with Crippen LogP contribution in [0.15, 0.2) is 109 Å².